The highest BCUT2D eigenvalue weighted by Gasteiger charge is 2.37. The third-order valence-electron chi connectivity index (χ3n) is 6.01. The van der Waals surface area contributed by atoms with E-state index in [2.05, 4.69) is 15.3 Å². The first-order chi connectivity index (χ1) is 16.1. The van der Waals surface area contributed by atoms with Crippen LogP contribution in [0.15, 0.2) is 42.6 Å². The number of halogens is 4. The fourth-order valence-corrected chi connectivity index (χ4v) is 5.21. The summed E-state index contributed by atoms with van der Waals surface area (Å²) in [4.78, 5) is 24.3. The van der Waals surface area contributed by atoms with Crippen molar-refractivity contribution in [2.45, 2.75) is 38.9 Å². The lowest BCUT2D eigenvalue weighted by Gasteiger charge is -2.40. The van der Waals surface area contributed by atoms with Crippen molar-refractivity contribution in [3.05, 3.63) is 64.7 Å². The van der Waals surface area contributed by atoms with Crippen molar-refractivity contribution in [3.63, 3.8) is 0 Å². The molecule has 4 rings (SSSR count). The molecule has 0 spiro atoms. The lowest BCUT2D eigenvalue weighted by atomic mass is 9.90. The number of alkyl halides is 3. The minimum Gasteiger partial charge on any atom is -0.367 e. The first-order valence-electron chi connectivity index (χ1n) is 11.0. The number of nitrogens with zero attached hydrogens (tertiary/aromatic N) is 3. The Morgan fingerprint density at radius 3 is 2.68 bits per heavy atom. The Hall–Kier alpha value is -3.01. The van der Waals surface area contributed by atoms with E-state index in [1.807, 2.05) is 6.92 Å². The fourth-order valence-electron chi connectivity index (χ4n) is 4.29. The molecule has 0 radical (unpaired) electrons. The number of nitrogens with one attached hydrogen (secondary N) is 1. The van der Waals surface area contributed by atoms with E-state index < -0.39 is 11.7 Å². The number of carbonyl (C=O) groups excluding carboxylic acids is 1. The van der Waals surface area contributed by atoms with Gasteiger partial charge >= 0.3 is 6.18 Å². The summed E-state index contributed by atoms with van der Waals surface area (Å²) in [5.41, 5.74) is 0.130. The van der Waals surface area contributed by atoms with Gasteiger partial charge in [0.15, 0.2) is 0 Å². The summed E-state index contributed by atoms with van der Waals surface area (Å²) in [6.07, 6.45) is -1.59. The van der Waals surface area contributed by atoms with Crippen LogP contribution in [-0.2, 0) is 6.18 Å². The van der Waals surface area contributed by atoms with Crippen LogP contribution in [-0.4, -0.2) is 39.9 Å². The van der Waals surface area contributed by atoms with Gasteiger partial charge in [0.05, 0.1) is 21.5 Å². The third kappa shape index (κ3) is 5.06. The van der Waals surface area contributed by atoms with E-state index in [0.717, 1.165) is 18.9 Å². The summed E-state index contributed by atoms with van der Waals surface area (Å²) in [5, 5.41) is 3.53. The first-order valence-corrected chi connectivity index (χ1v) is 11.8. The van der Waals surface area contributed by atoms with Gasteiger partial charge in [-0.05, 0) is 55.5 Å². The number of pyridine rings is 1. The number of anilines is 1. The van der Waals surface area contributed by atoms with Crippen molar-refractivity contribution in [2.24, 2.45) is 5.92 Å². The average molecular weight is 493 g/mol. The topological polar surface area (TPSA) is 58.1 Å². The molecule has 1 fully saturated rings. The lowest BCUT2D eigenvalue weighted by molar-refractivity contribution is -0.137. The van der Waals surface area contributed by atoms with Gasteiger partial charge in [0.1, 0.15) is 17.3 Å². The number of rotatable bonds is 5. The Kier molecular flexibility index (Phi) is 6.88. The molecule has 3 aromatic rings. The lowest BCUT2D eigenvalue weighted by Crippen LogP contribution is -2.51. The number of benzene rings is 1. The monoisotopic (exact) mass is 492 g/mol. The Labute approximate surface area is 198 Å². The molecule has 1 aliphatic rings. The molecule has 3 heterocycles. The van der Waals surface area contributed by atoms with Crippen LogP contribution in [0.5, 0.6) is 0 Å². The van der Waals surface area contributed by atoms with Gasteiger partial charge in [0, 0.05) is 19.3 Å². The molecule has 180 valence electrons. The van der Waals surface area contributed by atoms with E-state index in [0.29, 0.717) is 22.0 Å². The quantitative estimate of drug-likeness (QED) is 0.442. The maximum absolute atomic E-state index is 13.6. The van der Waals surface area contributed by atoms with Crippen LogP contribution in [0.2, 0.25) is 0 Å². The molecule has 0 aliphatic carbocycles. The highest BCUT2D eigenvalue weighted by molar-refractivity contribution is 7.15. The molecule has 1 aliphatic heterocycles. The second-order valence-electron chi connectivity index (χ2n) is 8.38. The highest BCUT2D eigenvalue weighted by Crippen LogP contribution is 2.35. The molecular weight excluding hydrogens is 468 g/mol. The molecule has 2 atom stereocenters. The molecule has 1 aromatic carbocycles. The number of thiazole rings is 1. The molecule has 1 saturated heterocycles. The molecule has 1 unspecified atom stereocenters. The van der Waals surface area contributed by atoms with E-state index in [9.17, 15) is 22.4 Å². The summed E-state index contributed by atoms with van der Waals surface area (Å²) in [5.74, 6) is -0.838. The van der Waals surface area contributed by atoms with Crippen LogP contribution in [0.1, 0.15) is 40.8 Å². The zero-order valence-corrected chi connectivity index (χ0v) is 19.5. The zero-order valence-electron chi connectivity index (χ0n) is 18.7. The highest BCUT2D eigenvalue weighted by atomic mass is 32.1. The number of aromatic nitrogens is 2. The SMILES string of the molecule is Cc1nc(C(=O)N2CCC[C@@H](C)C2CNc2ncccc2C(F)(F)F)c(-c2ccc(F)cc2)s1. The molecule has 0 saturated carbocycles. The summed E-state index contributed by atoms with van der Waals surface area (Å²) in [7, 11) is 0. The van der Waals surface area contributed by atoms with E-state index >= 15 is 0 Å². The van der Waals surface area contributed by atoms with E-state index in [4.69, 9.17) is 0 Å². The normalized spacial score (nSPS) is 18.7. The largest absolute Gasteiger partial charge is 0.419 e. The van der Waals surface area contributed by atoms with E-state index in [1.54, 1.807) is 24.0 Å². The molecule has 5 nitrogen and oxygen atoms in total. The van der Waals surface area contributed by atoms with Crippen molar-refractivity contribution in [1.82, 2.24) is 14.9 Å². The minimum absolute atomic E-state index is 0.0669. The van der Waals surface area contributed by atoms with E-state index in [-0.39, 0.29) is 41.7 Å². The number of carbonyl (C=O) groups is 1. The van der Waals surface area contributed by atoms with E-state index in [1.165, 1.54) is 35.7 Å². The summed E-state index contributed by atoms with van der Waals surface area (Å²) >= 11 is 1.35. The second-order valence-corrected chi connectivity index (χ2v) is 9.58. The van der Waals surface area contributed by atoms with Gasteiger partial charge in [0.25, 0.3) is 5.91 Å². The number of hydrogen-bond donors (Lipinski definition) is 1. The molecule has 2 aromatic heterocycles. The Bertz CT molecular complexity index is 1160. The fraction of sp³-hybridized carbons (Fsp3) is 0.375. The first kappa shape index (κ1) is 24.1. The Morgan fingerprint density at radius 1 is 1.24 bits per heavy atom. The number of amides is 1. The number of piperidine rings is 1. The third-order valence-corrected chi connectivity index (χ3v) is 7.03. The Balaban J connectivity index is 1.60. The van der Waals surface area contributed by atoms with Crippen LogP contribution in [0.4, 0.5) is 23.4 Å². The molecular formula is C24H24F4N4OS. The van der Waals surface area contributed by atoms with Gasteiger partial charge < -0.3 is 10.2 Å². The molecule has 10 heteroatoms. The minimum atomic E-state index is -4.54. The molecule has 1 amide bonds. The summed E-state index contributed by atoms with van der Waals surface area (Å²) in [6.45, 7) is 4.39. The van der Waals surface area contributed by atoms with Crippen LogP contribution in [0.25, 0.3) is 10.4 Å². The zero-order chi connectivity index (χ0) is 24.5. The van der Waals surface area contributed by atoms with Crippen molar-refractivity contribution in [1.29, 1.82) is 0 Å². The summed E-state index contributed by atoms with van der Waals surface area (Å²) in [6, 6.07) is 7.77. The average Bonchev–Trinajstić information content (AvgIpc) is 3.19. The van der Waals surface area contributed by atoms with Crippen molar-refractivity contribution < 1.29 is 22.4 Å². The standard InChI is InChI=1S/C24H24F4N4OS/c1-14-5-4-12-32(19(14)13-30-22-18(24(26,27)28)6-3-11-29-22)23(33)20-21(34-15(2)31-20)16-7-9-17(25)10-8-16/h3,6-11,14,19H,4-5,12-13H2,1-2H3,(H,29,30)/t14-,19?/m1/s1. The van der Waals surface area contributed by atoms with Crippen LogP contribution >= 0.6 is 11.3 Å². The predicted molar refractivity (Wildman–Crippen MR) is 123 cm³/mol. The van der Waals surface area contributed by atoms with Crippen molar-refractivity contribution in [2.75, 3.05) is 18.4 Å². The van der Waals surface area contributed by atoms with Gasteiger partial charge in [-0.2, -0.15) is 13.2 Å². The maximum Gasteiger partial charge on any atom is 0.419 e. The van der Waals surface area contributed by atoms with Gasteiger partial charge in [-0.3, -0.25) is 4.79 Å². The maximum atomic E-state index is 13.6. The van der Waals surface area contributed by atoms with Crippen LogP contribution in [0, 0.1) is 18.7 Å². The van der Waals surface area contributed by atoms with Crippen LogP contribution < -0.4 is 5.32 Å². The molecule has 0 bridgehead atoms. The van der Waals surface area contributed by atoms with Gasteiger partial charge in [0.2, 0.25) is 0 Å². The van der Waals surface area contributed by atoms with Crippen molar-refractivity contribution in [3.8, 4) is 10.4 Å². The van der Waals surface area contributed by atoms with Crippen molar-refractivity contribution >= 4 is 23.1 Å². The van der Waals surface area contributed by atoms with Crippen LogP contribution in [0.3, 0.4) is 0 Å². The number of hydrogen-bond acceptors (Lipinski definition) is 5. The van der Waals surface area contributed by atoms with Gasteiger partial charge in [-0.15, -0.1) is 11.3 Å². The predicted octanol–water partition coefficient (Wildman–Crippen LogP) is 6.02. The Morgan fingerprint density at radius 2 is 1.97 bits per heavy atom. The van der Waals surface area contributed by atoms with Gasteiger partial charge in [-0.25, -0.2) is 14.4 Å². The number of aryl methyl sites for hydroxylation is 1. The molecule has 1 N–H and O–H groups in total. The number of likely N-dealkylation sites (tertiary alicyclic amines) is 1. The smallest absolute Gasteiger partial charge is 0.367 e. The molecule has 34 heavy (non-hydrogen) atoms. The van der Waals surface area contributed by atoms with Gasteiger partial charge in [-0.1, -0.05) is 19.1 Å². The second kappa shape index (κ2) is 9.69. The summed E-state index contributed by atoms with van der Waals surface area (Å²) < 4.78 is 53.5.